The van der Waals surface area contributed by atoms with Gasteiger partial charge in [0.1, 0.15) is 0 Å². The van der Waals surface area contributed by atoms with Crippen LogP contribution in [0.4, 0.5) is 0 Å². The smallest absolute Gasteiger partial charge is 0.0499 e. The predicted molar refractivity (Wildman–Crippen MR) is 80.1 cm³/mol. The third kappa shape index (κ3) is 3.14. The van der Waals surface area contributed by atoms with E-state index in [9.17, 15) is 0 Å². The Hall–Kier alpha value is -0.380. The first kappa shape index (κ1) is 14.0. The molecule has 0 aliphatic heterocycles. The Kier molecular flexibility index (Phi) is 5.22. The molecule has 1 aromatic rings. The van der Waals surface area contributed by atoms with Crippen LogP contribution in [0, 0.1) is 12.8 Å². The molecule has 1 unspecified atom stereocenters. The number of nitrogens with one attached hydrogen (secondary N) is 1. The standard InChI is InChI=1S/C15H23BrN2/c1-11-7-6-10-13(14(11)16)15(18-17)12-8-4-2-3-5-9-12/h6-7,10,12,15,18H,2-5,8-9,17H2,1H3. The number of halogens is 1. The maximum absolute atomic E-state index is 5.83. The second-order valence-electron chi connectivity index (χ2n) is 5.37. The summed E-state index contributed by atoms with van der Waals surface area (Å²) in [5.41, 5.74) is 5.64. The number of benzene rings is 1. The van der Waals surface area contributed by atoms with Gasteiger partial charge in [-0.3, -0.25) is 11.3 Å². The summed E-state index contributed by atoms with van der Waals surface area (Å²) in [5.74, 6) is 6.50. The highest BCUT2D eigenvalue weighted by Crippen LogP contribution is 2.36. The molecule has 3 heteroatoms. The van der Waals surface area contributed by atoms with Crippen molar-refractivity contribution >= 4 is 15.9 Å². The summed E-state index contributed by atoms with van der Waals surface area (Å²) in [4.78, 5) is 0. The Morgan fingerprint density at radius 2 is 1.89 bits per heavy atom. The summed E-state index contributed by atoms with van der Waals surface area (Å²) in [7, 11) is 0. The van der Waals surface area contributed by atoms with Crippen LogP contribution in [0.2, 0.25) is 0 Å². The van der Waals surface area contributed by atoms with Gasteiger partial charge in [0.2, 0.25) is 0 Å². The minimum Gasteiger partial charge on any atom is -0.271 e. The molecule has 0 aromatic heterocycles. The predicted octanol–water partition coefficient (Wildman–Crippen LogP) is 4.23. The largest absolute Gasteiger partial charge is 0.271 e. The Balaban J connectivity index is 2.23. The third-order valence-electron chi connectivity index (χ3n) is 4.11. The molecule has 3 N–H and O–H groups in total. The summed E-state index contributed by atoms with van der Waals surface area (Å²) in [6, 6.07) is 6.72. The zero-order chi connectivity index (χ0) is 13.0. The maximum Gasteiger partial charge on any atom is 0.0499 e. The van der Waals surface area contributed by atoms with Crippen LogP contribution in [0.1, 0.15) is 55.7 Å². The van der Waals surface area contributed by atoms with Gasteiger partial charge in [-0.2, -0.15) is 0 Å². The van der Waals surface area contributed by atoms with Crippen molar-refractivity contribution in [2.24, 2.45) is 11.8 Å². The summed E-state index contributed by atoms with van der Waals surface area (Å²) >= 11 is 3.71. The molecule has 1 fully saturated rings. The van der Waals surface area contributed by atoms with E-state index in [1.807, 2.05) is 0 Å². The third-order valence-corrected chi connectivity index (χ3v) is 5.19. The number of hydrogen-bond acceptors (Lipinski definition) is 2. The van der Waals surface area contributed by atoms with E-state index in [2.05, 4.69) is 46.5 Å². The highest BCUT2D eigenvalue weighted by Gasteiger charge is 2.25. The molecule has 0 amide bonds. The van der Waals surface area contributed by atoms with Gasteiger partial charge in [-0.15, -0.1) is 0 Å². The molecular weight excluding hydrogens is 288 g/mol. The SMILES string of the molecule is Cc1cccc(C(NN)C2CCCCCC2)c1Br. The van der Waals surface area contributed by atoms with Crippen molar-refractivity contribution in [1.82, 2.24) is 5.43 Å². The van der Waals surface area contributed by atoms with Gasteiger partial charge < -0.3 is 0 Å². The van der Waals surface area contributed by atoms with Gasteiger partial charge in [0.15, 0.2) is 0 Å². The van der Waals surface area contributed by atoms with Crippen LogP contribution in [0.15, 0.2) is 22.7 Å². The van der Waals surface area contributed by atoms with E-state index in [1.165, 1.54) is 54.1 Å². The highest BCUT2D eigenvalue weighted by molar-refractivity contribution is 9.10. The number of aryl methyl sites for hydroxylation is 1. The molecule has 2 rings (SSSR count). The Morgan fingerprint density at radius 3 is 2.50 bits per heavy atom. The van der Waals surface area contributed by atoms with Crippen LogP contribution >= 0.6 is 15.9 Å². The van der Waals surface area contributed by atoms with Crippen molar-refractivity contribution in [2.45, 2.75) is 51.5 Å². The van der Waals surface area contributed by atoms with E-state index < -0.39 is 0 Å². The van der Waals surface area contributed by atoms with Gasteiger partial charge >= 0.3 is 0 Å². The van der Waals surface area contributed by atoms with Gasteiger partial charge in [-0.25, -0.2) is 0 Å². The second kappa shape index (κ2) is 6.69. The van der Waals surface area contributed by atoms with E-state index >= 15 is 0 Å². The van der Waals surface area contributed by atoms with Crippen molar-refractivity contribution in [3.63, 3.8) is 0 Å². The van der Waals surface area contributed by atoms with Gasteiger partial charge in [-0.05, 0) is 36.8 Å². The van der Waals surface area contributed by atoms with Crippen LogP contribution in [0.3, 0.4) is 0 Å². The zero-order valence-electron chi connectivity index (χ0n) is 11.1. The normalized spacial score (nSPS) is 19.5. The van der Waals surface area contributed by atoms with Gasteiger partial charge in [0, 0.05) is 10.5 Å². The molecule has 18 heavy (non-hydrogen) atoms. The molecule has 0 bridgehead atoms. The van der Waals surface area contributed by atoms with Crippen LogP contribution < -0.4 is 11.3 Å². The monoisotopic (exact) mass is 310 g/mol. The van der Waals surface area contributed by atoms with Crippen LogP contribution in [-0.2, 0) is 0 Å². The number of hydrogen-bond donors (Lipinski definition) is 2. The van der Waals surface area contributed by atoms with Gasteiger partial charge in [0.05, 0.1) is 0 Å². The Morgan fingerprint density at radius 1 is 1.22 bits per heavy atom. The van der Waals surface area contributed by atoms with Crippen molar-refractivity contribution in [3.8, 4) is 0 Å². The van der Waals surface area contributed by atoms with E-state index in [1.54, 1.807) is 0 Å². The average Bonchev–Trinajstić information content (AvgIpc) is 2.64. The molecule has 1 saturated carbocycles. The van der Waals surface area contributed by atoms with Gasteiger partial charge in [-0.1, -0.05) is 59.8 Å². The quantitative estimate of drug-likeness (QED) is 0.498. The second-order valence-corrected chi connectivity index (χ2v) is 6.17. The minimum absolute atomic E-state index is 0.275. The zero-order valence-corrected chi connectivity index (χ0v) is 12.7. The van der Waals surface area contributed by atoms with E-state index in [4.69, 9.17) is 5.84 Å². The van der Waals surface area contributed by atoms with Crippen LogP contribution in [0.25, 0.3) is 0 Å². The van der Waals surface area contributed by atoms with E-state index in [0.29, 0.717) is 5.92 Å². The fourth-order valence-corrected chi connectivity index (χ4v) is 3.55. The molecule has 0 radical (unpaired) electrons. The molecule has 0 saturated heterocycles. The first-order valence-corrected chi connectivity index (χ1v) is 7.74. The number of nitrogens with two attached hydrogens (primary N) is 1. The van der Waals surface area contributed by atoms with Crippen LogP contribution in [-0.4, -0.2) is 0 Å². The lowest BCUT2D eigenvalue weighted by Crippen LogP contribution is -2.33. The van der Waals surface area contributed by atoms with Crippen LogP contribution in [0.5, 0.6) is 0 Å². The lowest BCUT2D eigenvalue weighted by molar-refractivity contribution is 0.328. The molecule has 0 spiro atoms. The van der Waals surface area contributed by atoms with E-state index in [0.717, 1.165) is 0 Å². The van der Waals surface area contributed by atoms with Crippen molar-refractivity contribution in [3.05, 3.63) is 33.8 Å². The molecule has 2 nitrogen and oxygen atoms in total. The van der Waals surface area contributed by atoms with Crippen molar-refractivity contribution < 1.29 is 0 Å². The van der Waals surface area contributed by atoms with Gasteiger partial charge in [0.25, 0.3) is 0 Å². The molecule has 1 aromatic carbocycles. The average molecular weight is 311 g/mol. The fourth-order valence-electron chi connectivity index (χ4n) is 3.03. The molecule has 1 atom stereocenters. The Bertz CT molecular complexity index is 384. The first-order valence-electron chi connectivity index (χ1n) is 6.95. The molecule has 100 valence electrons. The van der Waals surface area contributed by atoms with Crippen molar-refractivity contribution in [2.75, 3.05) is 0 Å². The fraction of sp³-hybridized carbons (Fsp3) is 0.600. The first-order chi connectivity index (χ1) is 8.74. The number of rotatable bonds is 3. The maximum atomic E-state index is 5.83. The Labute approximate surface area is 118 Å². The molecule has 0 heterocycles. The van der Waals surface area contributed by atoms with E-state index in [-0.39, 0.29) is 6.04 Å². The number of hydrazine groups is 1. The lowest BCUT2D eigenvalue weighted by Gasteiger charge is -2.27. The minimum atomic E-state index is 0.275. The summed E-state index contributed by atoms with van der Waals surface area (Å²) in [6.07, 6.45) is 8.01. The highest BCUT2D eigenvalue weighted by atomic mass is 79.9. The van der Waals surface area contributed by atoms with Crippen molar-refractivity contribution in [1.29, 1.82) is 0 Å². The molecular formula is C15H23BrN2. The lowest BCUT2D eigenvalue weighted by atomic mass is 9.87. The summed E-state index contributed by atoms with van der Waals surface area (Å²) < 4.78 is 1.21. The summed E-state index contributed by atoms with van der Waals surface area (Å²) in [6.45, 7) is 2.13. The topological polar surface area (TPSA) is 38.0 Å². The molecule has 1 aliphatic rings. The molecule has 1 aliphatic carbocycles. The summed E-state index contributed by atoms with van der Waals surface area (Å²) in [5, 5.41) is 0.